The Kier molecular flexibility index (Phi) is 7.79. The molecule has 1 amide bonds. The first-order valence-corrected chi connectivity index (χ1v) is 12.6. The summed E-state index contributed by atoms with van der Waals surface area (Å²) in [6.07, 6.45) is 6.38. The molecule has 0 spiro atoms. The predicted octanol–water partition coefficient (Wildman–Crippen LogP) is 2.20. The number of amides is 1. The summed E-state index contributed by atoms with van der Waals surface area (Å²) < 4.78 is 2.05. The van der Waals surface area contributed by atoms with E-state index >= 15 is 0 Å². The van der Waals surface area contributed by atoms with Crippen molar-refractivity contribution in [3.05, 3.63) is 45.2 Å². The van der Waals surface area contributed by atoms with E-state index in [0.29, 0.717) is 52.4 Å². The number of rotatable bonds is 8. The summed E-state index contributed by atoms with van der Waals surface area (Å²) >= 11 is 6.71. The van der Waals surface area contributed by atoms with Crippen molar-refractivity contribution in [2.45, 2.75) is 26.2 Å². The minimum atomic E-state index is -0.204. The molecule has 4 heterocycles. The van der Waals surface area contributed by atoms with Crippen LogP contribution in [0.1, 0.15) is 31.7 Å². The molecule has 0 aliphatic carbocycles. The second-order valence-corrected chi connectivity index (χ2v) is 9.85. The topological polar surface area (TPSA) is 81.4 Å². The number of thiocarbonyl (C=S) groups is 1. The van der Waals surface area contributed by atoms with Crippen LogP contribution in [-0.4, -0.2) is 80.4 Å². The van der Waals surface area contributed by atoms with E-state index in [1.54, 1.807) is 23.2 Å². The molecule has 8 nitrogen and oxygen atoms in total. The van der Waals surface area contributed by atoms with E-state index in [1.165, 1.54) is 16.2 Å². The van der Waals surface area contributed by atoms with Crippen LogP contribution in [0.5, 0.6) is 0 Å². The Labute approximate surface area is 202 Å². The number of anilines is 1. The molecule has 1 N–H and O–H groups in total. The molecule has 2 aliphatic rings. The smallest absolute Gasteiger partial charge is 0.267 e. The summed E-state index contributed by atoms with van der Waals surface area (Å²) in [6.45, 7) is 6.41. The number of aliphatic hydroxyl groups is 1. The monoisotopic (exact) mass is 487 g/mol. The SMILES string of the molecule is CCCCCN1C(=O)/C(=C\c2c(N3CCN(CCO)CC3)nc3ccccn3c2=O)SC1=S. The molecule has 0 bridgehead atoms. The largest absolute Gasteiger partial charge is 0.395 e. The fraction of sp³-hybridized carbons (Fsp3) is 0.478. The zero-order valence-corrected chi connectivity index (χ0v) is 20.4. The Balaban J connectivity index is 1.70. The van der Waals surface area contributed by atoms with Gasteiger partial charge in [-0.15, -0.1) is 0 Å². The van der Waals surface area contributed by atoms with Gasteiger partial charge in [-0.2, -0.15) is 0 Å². The highest BCUT2D eigenvalue weighted by Crippen LogP contribution is 2.33. The summed E-state index contributed by atoms with van der Waals surface area (Å²) in [5, 5.41) is 9.23. The molecule has 2 fully saturated rings. The first kappa shape index (κ1) is 23.9. The number of thioether (sulfide) groups is 1. The van der Waals surface area contributed by atoms with Crippen molar-refractivity contribution in [3.8, 4) is 0 Å². The summed E-state index contributed by atoms with van der Waals surface area (Å²) in [6, 6.07) is 5.45. The second kappa shape index (κ2) is 10.8. The Hall–Kier alpha value is -2.27. The van der Waals surface area contributed by atoms with Crippen molar-refractivity contribution < 1.29 is 9.90 Å². The van der Waals surface area contributed by atoms with Gasteiger partial charge >= 0.3 is 0 Å². The molecule has 0 radical (unpaired) electrons. The van der Waals surface area contributed by atoms with Crippen LogP contribution in [0.3, 0.4) is 0 Å². The number of aliphatic hydroxyl groups excluding tert-OH is 1. The van der Waals surface area contributed by atoms with Crippen LogP contribution in [0.15, 0.2) is 34.1 Å². The number of pyridine rings is 1. The van der Waals surface area contributed by atoms with Crippen molar-refractivity contribution >= 4 is 51.7 Å². The molecule has 10 heteroatoms. The number of carbonyl (C=O) groups excluding carboxylic acids is 1. The van der Waals surface area contributed by atoms with Crippen LogP contribution in [-0.2, 0) is 4.79 Å². The van der Waals surface area contributed by atoms with E-state index in [4.69, 9.17) is 17.2 Å². The lowest BCUT2D eigenvalue weighted by molar-refractivity contribution is -0.122. The molecule has 4 rings (SSSR count). The Morgan fingerprint density at radius 3 is 2.67 bits per heavy atom. The Morgan fingerprint density at radius 1 is 1.15 bits per heavy atom. The van der Waals surface area contributed by atoms with Gasteiger partial charge in [-0.1, -0.05) is 49.8 Å². The average molecular weight is 488 g/mol. The first-order chi connectivity index (χ1) is 16.0. The van der Waals surface area contributed by atoms with Gasteiger partial charge in [-0.25, -0.2) is 4.98 Å². The molecule has 0 atom stereocenters. The van der Waals surface area contributed by atoms with Gasteiger partial charge in [0.05, 0.1) is 17.1 Å². The molecular weight excluding hydrogens is 458 g/mol. The van der Waals surface area contributed by atoms with Gasteiger partial charge in [0.2, 0.25) is 0 Å². The molecule has 2 saturated heterocycles. The van der Waals surface area contributed by atoms with Crippen molar-refractivity contribution in [1.82, 2.24) is 19.2 Å². The summed E-state index contributed by atoms with van der Waals surface area (Å²) in [5.74, 6) is 0.448. The number of unbranched alkanes of at least 4 members (excludes halogenated alkanes) is 2. The van der Waals surface area contributed by atoms with E-state index in [-0.39, 0.29) is 18.1 Å². The number of nitrogens with zero attached hydrogens (tertiary/aromatic N) is 5. The highest BCUT2D eigenvalue weighted by atomic mass is 32.2. The summed E-state index contributed by atoms with van der Waals surface area (Å²) in [5.41, 5.74) is 0.771. The van der Waals surface area contributed by atoms with Crippen molar-refractivity contribution in [1.29, 1.82) is 0 Å². The number of fused-ring (bicyclic) bond motifs is 1. The predicted molar refractivity (Wildman–Crippen MR) is 137 cm³/mol. The van der Waals surface area contributed by atoms with E-state index in [2.05, 4.69) is 16.7 Å². The number of hydrogen-bond donors (Lipinski definition) is 1. The molecule has 2 aromatic heterocycles. The molecular formula is C23H29N5O3S2. The van der Waals surface area contributed by atoms with Gasteiger partial charge in [0, 0.05) is 45.5 Å². The summed E-state index contributed by atoms with van der Waals surface area (Å²) in [4.78, 5) is 37.7. The molecule has 0 unspecified atom stereocenters. The zero-order chi connectivity index (χ0) is 23.4. The fourth-order valence-electron chi connectivity index (χ4n) is 4.13. The third-order valence-electron chi connectivity index (χ3n) is 5.97. The Morgan fingerprint density at radius 2 is 1.94 bits per heavy atom. The lowest BCUT2D eigenvalue weighted by Crippen LogP contribution is -2.48. The molecule has 0 aromatic carbocycles. The third-order valence-corrected chi connectivity index (χ3v) is 7.35. The fourth-order valence-corrected chi connectivity index (χ4v) is 5.42. The van der Waals surface area contributed by atoms with Crippen molar-refractivity contribution in [2.24, 2.45) is 0 Å². The maximum atomic E-state index is 13.5. The quantitative estimate of drug-likeness (QED) is 0.345. The van der Waals surface area contributed by atoms with Crippen LogP contribution in [0.25, 0.3) is 11.7 Å². The van der Waals surface area contributed by atoms with Gasteiger partial charge in [-0.3, -0.25) is 23.8 Å². The van der Waals surface area contributed by atoms with E-state index in [0.717, 1.165) is 32.4 Å². The molecule has 176 valence electrons. The standard InChI is InChI=1S/C23H29N5O3S2/c1-2-3-5-9-28-22(31)18(33-23(28)32)16-17-20(26-12-10-25(11-13-26)14-15-29)24-19-7-4-6-8-27(19)21(17)30/h4,6-8,16,29H,2-3,5,9-15H2,1H3/b18-16+. The van der Waals surface area contributed by atoms with Gasteiger partial charge in [-0.05, 0) is 24.6 Å². The number of hydrogen-bond acceptors (Lipinski definition) is 8. The maximum absolute atomic E-state index is 13.5. The molecule has 2 aromatic rings. The maximum Gasteiger partial charge on any atom is 0.267 e. The highest BCUT2D eigenvalue weighted by Gasteiger charge is 2.32. The normalized spacial score (nSPS) is 18.8. The highest BCUT2D eigenvalue weighted by molar-refractivity contribution is 8.26. The minimum absolute atomic E-state index is 0.126. The lowest BCUT2D eigenvalue weighted by Gasteiger charge is -2.35. The minimum Gasteiger partial charge on any atom is -0.395 e. The van der Waals surface area contributed by atoms with E-state index in [1.807, 2.05) is 12.1 Å². The lowest BCUT2D eigenvalue weighted by atomic mass is 10.2. The Bertz CT molecular complexity index is 1120. The van der Waals surface area contributed by atoms with Crippen molar-refractivity contribution in [2.75, 3.05) is 50.8 Å². The van der Waals surface area contributed by atoms with Crippen LogP contribution >= 0.6 is 24.0 Å². The van der Waals surface area contributed by atoms with Crippen LogP contribution in [0.2, 0.25) is 0 Å². The van der Waals surface area contributed by atoms with Crippen LogP contribution in [0.4, 0.5) is 5.82 Å². The molecule has 2 aliphatic heterocycles. The number of aromatic nitrogens is 2. The number of piperazine rings is 1. The van der Waals surface area contributed by atoms with Gasteiger partial charge in [0.15, 0.2) is 0 Å². The summed E-state index contributed by atoms with van der Waals surface area (Å²) in [7, 11) is 0. The second-order valence-electron chi connectivity index (χ2n) is 8.18. The van der Waals surface area contributed by atoms with Crippen LogP contribution < -0.4 is 10.5 Å². The van der Waals surface area contributed by atoms with Gasteiger partial charge < -0.3 is 10.0 Å². The van der Waals surface area contributed by atoms with Crippen LogP contribution in [0, 0.1) is 0 Å². The number of carbonyl (C=O) groups is 1. The third kappa shape index (κ3) is 5.13. The van der Waals surface area contributed by atoms with Crippen molar-refractivity contribution in [3.63, 3.8) is 0 Å². The van der Waals surface area contributed by atoms with Gasteiger partial charge in [0.1, 0.15) is 15.8 Å². The van der Waals surface area contributed by atoms with E-state index in [9.17, 15) is 14.7 Å². The van der Waals surface area contributed by atoms with Gasteiger partial charge in [0.25, 0.3) is 11.5 Å². The average Bonchev–Trinajstić information content (AvgIpc) is 3.09. The zero-order valence-electron chi connectivity index (χ0n) is 18.8. The molecule has 0 saturated carbocycles. The molecule has 33 heavy (non-hydrogen) atoms. The number of β-amino-alcohol motifs (C(OH)–C–C–N with tert-alkyl or cyclic N) is 1. The first-order valence-electron chi connectivity index (χ1n) is 11.4. The van der Waals surface area contributed by atoms with E-state index < -0.39 is 0 Å².